The van der Waals surface area contributed by atoms with E-state index < -0.39 is 0 Å². The molecule has 0 rings (SSSR count). The molecule has 11 heavy (non-hydrogen) atoms. The van der Waals surface area contributed by atoms with E-state index in [-0.39, 0.29) is 6.10 Å². The van der Waals surface area contributed by atoms with Gasteiger partial charge in [0.25, 0.3) is 0 Å². The summed E-state index contributed by atoms with van der Waals surface area (Å²) in [7, 11) is 0.810. The Morgan fingerprint density at radius 3 is 2.45 bits per heavy atom. The predicted molar refractivity (Wildman–Crippen MR) is 53.7 cm³/mol. The largest absolute Gasteiger partial charge is 0.422 e. The van der Waals surface area contributed by atoms with Crippen molar-refractivity contribution in [2.45, 2.75) is 39.7 Å². The second-order valence-corrected chi connectivity index (χ2v) is 3.61. The maximum Gasteiger partial charge on any atom is 0.146 e. The van der Waals surface area contributed by atoms with Gasteiger partial charge in [-0.1, -0.05) is 26.8 Å². The standard InChI is InChI=1S/C9H20OSi/c1-5-6-7(2)8(3)9(4)10-11/h7,9H,3,5-6H2,1-2,4,11H3. The minimum Gasteiger partial charge on any atom is -0.422 e. The summed E-state index contributed by atoms with van der Waals surface area (Å²) in [6.07, 6.45) is 2.73. The third kappa shape index (κ3) is 3.73. The van der Waals surface area contributed by atoms with E-state index in [4.69, 9.17) is 4.43 Å². The number of hydrogen-bond donors (Lipinski definition) is 0. The summed E-state index contributed by atoms with van der Waals surface area (Å²) in [5.41, 5.74) is 1.25. The first-order chi connectivity index (χ1) is 5.13. The lowest BCUT2D eigenvalue weighted by atomic mass is 9.94. The predicted octanol–water partition coefficient (Wildman–Crippen LogP) is 1.66. The smallest absolute Gasteiger partial charge is 0.146 e. The molecular weight excluding hydrogens is 152 g/mol. The van der Waals surface area contributed by atoms with Crippen LogP contribution in [0.4, 0.5) is 0 Å². The number of hydrogen-bond acceptors (Lipinski definition) is 1. The zero-order chi connectivity index (χ0) is 8.85. The van der Waals surface area contributed by atoms with Crippen molar-refractivity contribution >= 4 is 10.5 Å². The Kier molecular flexibility index (Phi) is 5.51. The minimum atomic E-state index is 0.267. The molecule has 0 aliphatic heterocycles. The van der Waals surface area contributed by atoms with Crippen LogP contribution < -0.4 is 0 Å². The summed E-state index contributed by atoms with van der Waals surface area (Å²) in [6, 6.07) is 0. The molecule has 0 aliphatic rings. The van der Waals surface area contributed by atoms with Gasteiger partial charge in [-0.2, -0.15) is 0 Å². The Balaban J connectivity index is 3.81. The van der Waals surface area contributed by atoms with Crippen LogP contribution in [0.5, 0.6) is 0 Å². The van der Waals surface area contributed by atoms with Crippen molar-refractivity contribution in [1.29, 1.82) is 0 Å². The van der Waals surface area contributed by atoms with E-state index in [1.54, 1.807) is 0 Å². The topological polar surface area (TPSA) is 9.23 Å². The summed E-state index contributed by atoms with van der Waals surface area (Å²) in [4.78, 5) is 0. The van der Waals surface area contributed by atoms with Crippen LogP contribution in [-0.2, 0) is 4.43 Å². The van der Waals surface area contributed by atoms with Crippen LogP contribution in [-0.4, -0.2) is 16.6 Å². The van der Waals surface area contributed by atoms with Gasteiger partial charge in [0, 0.05) is 0 Å². The van der Waals surface area contributed by atoms with Gasteiger partial charge in [-0.05, 0) is 24.8 Å². The molecule has 2 atom stereocenters. The first-order valence-electron chi connectivity index (χ1n) is 4.34. The van der Waals surface area contributed by atoms with E-state index >= 15 is 0 Å². The average molecular weight is 172 g/mol. The fraction of sp³-hybridized carbons (Fsp3) is 0.778. The van der Waals surface area contributed by atoms with Gasteiger partial charge in [0.15, 0.2) is 0 Å². The van der Waals surface area contributed by atoms with Gasteiger partial charge in [0.2, 0.25) is 0 Å². The van der Waals surface area contributed by atoms with Crippen molar-refractivity contribution in [3.8, 4) is 0 Å². The third-order valence-corrected chi connectivity index (χ3v) is 2.94. The summed E-state index contributed by atoms with van der Waals surface area (Å²) in [5, 5.41) is 0. The van der Waals surface area contributed by atoms with Crippen molar-refractivity contribution in [2.24, 2.45) is 5.92 Å². The molecule has 0 heterocycles. The maximum atomic E-state index is 5.32. The Labute approximate surface area is 73.4 Å². The highest BCUT2D eigenvalue weighted by Gasteiger charge is 2.10. The van der Waals surface area contributed by atoms with Gasteiger partial charge in [-0.25, -0.2) is 0 Å². The van der Waals surface area contributed by atoms with Crippen LogP contribution in [0.15, 0.2) is 12.2 Å². The fourth-order valence-electron chi connectivity index (χ4n) is 1.17. The van der Waals surface area contributed by atoms with Crippen LogP contribution in [0.2, 0.25) is 0 Å². The van der Waals surface area contributed by atoms with Crippen LogP contribution in [0.3, 0.4) is 0 Å². The third-order valence-electron chi connectivity index (χ3n) is 2.23. The molecular formula is C9H20OSi. The molecule has 0 saturated heterocycles. The molecule has 0 aromatic rings. The average Bonchev–Trinajstić information content (AvgIpc) is 2.02. The zero-order valence-corrected chi connectivity index (χ0v) is 10.2. The van der Waals surface area contributed by atoms with E-state index in [1.165, 1.54) is 18.4 Å². The second kappa shape index (κ2) is 5.55. The highest BCUT2D eigenvalue weighted by Crippen LogP contribution is 2.18. The van der Waals surface area contributed by atoms with Crippen molar-refractivity contribution < 1.29 is 4.43 Å². The van der Waals surface area contributed by atoms with Crippen molar-refractivity contribution in [3.05, 3.63) is 12.2 Å². The van der Waals surface area contributed by atoms with Crippen LogP contribution in [0, 0.1) is 5.92 Å². The van der Waals surface area contributed by atoms with Gasteiger partial charge >= 0.3 is 0 Å². The van der Waals surface area contributed by atoms with Crippen molar-refractivity contribution in [2.75, 3.05) is 0 Å². The molecule has 0 amide bonds. The summed E-state index contributed by atoms with van der Waals surface area (Å²) in [5.74, 6) is 0.615. The molecule has 0 aromatic heterocycles. The normalized spacial score (nSPS) is 16.3. The minimum absolute atomic E-state index is 0.267. The van der Waals surface area contributed by atoms with Gasteiger partial charge in [0.05, 0.1) is 6.10 Å². The van der Waals surface area contributed by atoms with Crippen molar-refractivity contribution in [1.82, 2.24) is 0 Å². The van der Waals surface area contributed by atoms with E-state index in [1.807, 2.05) is 0 Å². The summed E-state index contributed by atoms with van der Waals surface area (Å²) < 4.78 is 5.32. The molecule has 0 bridgehead atoms. The Morgan fingerprint density at radius 2 is 2.09 bits per heavy atom. The van der Waals surface area contributed by atoms with E-state index in [0.29, 0.717) is 5.92 Å². The molecule has 0 aromatic carbocycles. The molecule has 0 radical (unpaired) electrons. The highest BCUT2D eigenvalue weighted by molar-refractivity contribution is 5.98. The lowest BCUT2D eigenvalue weighted by molar-refractivity contribution is 0.265. The molecule has 1 nitrogen and oxygen atoms in total. The Hall–Kier alpha value is -0.0831. The Morgan fingerprint density at radius 1 is 1.55 bits per heavy atom. The van der Waals surface area contributed by atoms with Gasteiger partial charge in [0.1, 0.15) is 10.5 Å². The lowest BCUT2D eigenvalue weighted by Crippen LogP contribution is -2.14. The highest BCUT2D eigenvalue weighted by atomic mass is 28.2. The quantitative estimate of drug-likeness (QED) is 0.453. The molecule has 2 heteroatoms. The number of rotatable bonds is 5. The molecule has 0 fully saturated rings. The molecule has 0 spiro atoms. The van der Waals surface area contributed by atoms with E-state index in [9.17, 15) is 0 Å². The molecule has 0 N–H and O–H groups in total. The molecule has 2 unspecified atom stereocenters. The van der Waals surface area contributed by atoms with Gasteiger partial charge < -0.3 is 4.43 Å². The van der Waals surface area contributed by atoms with E-state index in [2.05, 4.69) is 27.4 Å². The maximum absolute atomic E-state index is 5.32. The molecule has 0 aliphatic carbocycles. The molecule has 0 saturated carbocycles. The van der Waals surface area contributed by atoms with Crippen LogP contribution in [0.25, 0.3) is 0 Å². The van der Waals surface area contributed by atoms with Crippen LogP contribution in [0.1, 0.15) is 33.6 Å². The summed E-state index contributed by atoms with van der Waals surface area (Å²) >= 11 is 0. The van der Waals surface area contributed by atoms with Crippen molar-refractivity contribution in [3.63, 3.8) is 0 Å². The van der Waals surface area contributed by atoms with E-state index in [0.717, 1.165) is 10.5 Å². The SMILES string of the molecule is C=C(C(C)CCC)C(C)O[SiH3]. The Bertz CT molecular complexity index is 123. The van der Waals surface area contributed by atoms with Gasteiger partial charge in [-0.15, -0.1) is 0 Å². The van der Waals surface area contributed by atoms with Crippen LogP contribution >= 0.6 is 0 Å². The summed E-state index contributed by atoms with van der Waals surface area (Å²) in [6.45, 7) is 10.6. The monoisotopic (exact) mass is 172 g/mol. The first-order valence-corrected chi connectivity index (χ1v) is 5.16. The zero-order valence-electron chi connectivity index (χ0n) is 8.18. The second-order valence-electron chi connectivity index (χ2n) is 3.14. The lowest BCUT2D eigenvalue weighted by Gasteiger charge is -2.19. The van der Waals surface area contributed by atoms with Gasteiger partial charge in [-0.3, -0.25) is 0 Å². The molecule has 66 valence electrons. The fourth-order valence-corrected chi connectivity index (χ4v) is 1.47. The first kappa shape index (κ1) is 10.9.